The molecule has 19 heavy (non-hydrogen) atoms. The highest BCUT2D eigenvalue weighted by atomic mass is 79.9. The first-order valence-corrected chi connectivity index (χ1v) is 7.32. The van der Waals surface area contributed by atoms with Gasteiger partial charge in [-0.15, -0.1) is 0 Å². The number of rotatable bonds is 4. The first-order chi connectivity index (χ1) is 9.04. The second-order valence-corrected chi connectivity index (χ2v) is 6.00. The summed E-state index contributed by atoms with van der Waals surface area (Å²) in [6, 6.07) is 8.84. The van der Waals surface area contributed by atoms with Crippen LogP contribution in [-0.4, -0.2) is 36.2 Å². The number of hydrogen-bond acceptors (Lipinski definition) is 3. The Morgan fingerprint density at radius 3 is 3.00 bits per heavy atom. The molecular formula is C14H19BrN2O2. The van der Waals surface area contributed by atoms with Crippen LogP contribution in [0.2, 0.25) is 0 Å². The van der Waals surface area contributed by atoms with Crippen LogP contribution < -0.4 is 10.2 Å². The number of carbonyl (C=O) groups is 1. The maximum absolute atomic E-state index is 10.7. The SMILES string of the molecule is CC1CN(c2cccc(Br)c2)CC(CCC(=O)O)N1. The van der Waals surface area contributed by atoms with E-state index in [0.29, 0.717) is 12.5 Å². The second kappa shape index (κ2) is 6.39. The van der Waals surface area contributed by atoms with Gasteiger partial charge in [-0.25, -0.2) is 0 Å². The van der Waals surface area contributed by atoms with Crippen molar-refractivity contribution in [3.8, 4) is 0 Å². The van der Waals surface area contributed by atoms with Crippen LogP contribution in [0.25, 0.3) is 0 Å². The van der Waals surface area contributed by atoms with Gasteiger partial charge in [-0.05, 0) is 31.5 Å². The fraction of sp³-hybridized carbons (Fsp3) is 0.500. The zero-order valence-corrected chi connectivity index (χ0v) is 12.6. The molecule has 0 spiro atoms. The minimum absolute atomic E-state index is 0.219. The van der Waals surface area contributed by atoms with Crippen molar-refractivity contribution in [1.82, 2.24) is 5.32 Å². The topological polar surface area (TPSA) is 52.6 Å². The van der Waals surface area contributed by atoms with Crippen molar-refractivity contribution in [3.05, 3.63) is 28.7 Å². The summed E-state index contributed by atoms with van der Waals surface area (Å²) in [5.41, 5.74) is 1.18. The fourth-order valence-corrected chi connectivity index (χ4v) is 2.92. The summed E-state index contributed by atoms with van der Waals surface area (Å²) in [4.78, 5) is 13.0. The number of halogens is 1. The summed E-state index contributed by atoms with van der Waals surface area (Å²) in [5.74, 6) is -0.728. The molecule has 2 atom stereocenters. The Labute approximate surface area is 121 Å². The van der Waals surface area contributed by atoms with E-state index in [4.69, 9.17) is 5.11 Å². The number of piperazine rings is 1. The lowest BCUT2D eigenvalue weighted by Crippen LogP contribution is -2.55. The summed E-state index contributed by atoms with van der Waals surface area (Å²) in [7, 11) is 0. The Morgan fingerprint density at radius 2 is 2.32 bits per heavy atom. The van der Waals surface area contributed by atoms with E-state index in [1.54, 1.807) is 0 Å². The molecule has 1 aliphatic heterocycles. The highest BCUT2D eigenvalue weighted by Crippen LogP contribution is 2.22. The van der Waals surface area contributed by atoms with Gasteiger partial charge < -0.3 is 15.3 Å². The van der Waals surface area contributed by atoms with Crippen LogP contribution in [0.15, 0.2) is 28.7 Å². The number of nitrogens with zero attached hydrogens (tertiary/aromatic N) is 1. The van der Waals surface area contributed by atoms with Crippen LogP contribution in [0.1, 0.15) is 19.8 Å². The first kappa shape index (κ1) is 14.3. The smallest absolute Gasteiger partial charge is 0.303 e. The Bertz CT molecular complexity index is 453. The average Bonchev–Trinajstić information content (AvgIpc) is 2.36. The summed E-state index contributed by atoms with van der Waals surface area (Å²) >= 11 is 3.49. The molecule has 1 aromatic carbocycles. The van der Waals surface area contributed by atoms with Crippen molar-refractivity contribution in [3.63, 3.8) is 0 Å². The molecule has 104 valence electrons. The van der Waals surface area contributed by atoms with Gasteiger partial charge in [0.25, 0.3) is 0 Å². The number of benzene rings is 1. The average molecular weight is 327 g/mol. The van der Waals surface area contributed by atoms with Gasteiger partial charge in [0.15, 0.2) is 0 Å². The minimum atomic E-state index is -0.728. The van der Waals surface area contributed by atoms with Crippen molar-refractivity contribution >= 4 is 27.6 Å². The molecule has 0 radical (unpaired) electrons. The molecule has 2 rings (SSSR count). The highest BCUT2D eigenvalue weighted by Gasteiger charge is 2.24. The number of carboxylic acids is 1. The van der Waals surface area contributed by atoms with Crippen LogP contribution >= 0.6 is 15.9 Å². The van der Waals surface area contributed by atoms with E-state index in [1.807, 2.05) is 12.1 Å². The number of aliphatic carboxylic acids is 1. The first-order valence-electron chi connectivity index (χ1n) is 6.53. The largest absolute Gasteiger partial charge is 0.481 e. The molecule has 0 aliphatic carbocycles. The van der Waals surface area contributed by atoms with Gasteiger partial charge in [0.2, 0.25) is 0 Å². The highest BCUT2D eigenvalue weighted by molar-refractivity contribution is 9.10. The standard InChI is InChI=1S/C14H19BrN2O2/c1-10-8-17(13-4-2-3-11(15)7-13)9-12(16-10)5-6-14(18)19/h2-4,7,10,12,16H,5-6,8-9H2,1H3,(H,18,19). The van der Waals surface area contributed by atoms with Gasteiger partial charge in [0.05, 0.1) is 0 Å². The van der Waals surface area contributed by atoms with Crippen molar-refractivity contribution in [2.75, 3.05) is 18.0 Å². The molecule has 4 nitrogen and oxygen atoms in total. The maximum Gasteiger partial charge on any atom is 0.303 e. The third kappa shape index (κ3) is 4.21. The molecule has 0 aromatic heterocycles. The van der Waals surface area contributed by atoms with E-state index < -0.39 is 5.97 Å². The Morgan fingerprint density at radius 1 is 1.53 bits per heavy atom. The van der Waals surface area contributed by atoms with Gasteiger partial charge in [0.1, 0.15) is 0 Å². The number of anilines is 1. The number of hydrogen-bond donors (Lipinski definition) is 2. The summed E-state index contributed by atoms with van der Waals surface area (Å²) < 4.78 is 1.07. The van der Waals surface area contributed by atoms with E-state index in [1.165, 1.54) is 5.69 Å². The predicted molar refractivity (Wildman–Crippen MR) is 79.6 cm³/mol. The molecule has 1 heterocycles. The summed E-state index contributed by atoms with van der Waals surface area (Å²) in [6.07, 6.45) is 0.890. The van der Waals surface area contributed by atoms with Crippen molar-refractivity contribution in [1.29, 1.82) is 0 Å². The van der Waals surface area contributed by atoms with Crippen LogP contribution in [0, 0.1) is 0 Å². The monoisotopic (exact) mass is 326 g/mol. The molecule has 1 fully saturated rings. The zero-order chi connectivity index (χ0) is 13.8. The Balaban J connectivity index is 2.03. The van der Waals surface area contributed by atoms with E-state index in [-0.39, 0.29) is 12.5 Å². The van der Waals surface area contributed by atoms with Crippen molar-refractivity contribution in [2.45, 2.75) is 31.8 Å². The number of nitrogens with one attached hydrogen (secondary N) is 1. The van der Waals surface area contributed by atoms with Crippen LogP contribution in [0.3, 0.4) is 0 Å². The van der Waals surface area contributed by atoms with E-state index >= 15 is 0 Å². The van der Waals surface area contributed by atoms with Crippen LogP contribution in [0.4, 0.5) is 5.69 Å². The zero-order valence-electron chi connectivity index (χ0n) is 11.0. The number of carboxylic acid groups (broad SMARTS) is 1. The second-order valence-electron chi connectivity index (χ2n) is 5.08. The van der Waals surface area contributed by atoms with Crippen molar-refractivity contribution < 1.29 is 9.90 Å². The minimum Gasteiger partial charge on any atom is -0.481 e. The van der Waals surface area contributed by atoms with Gasteiger partial charge in [-0.1, -0.05) is 22.0 Å². The van der Waals surface area contributed by atoms with Gasteiger partial charge in [0, 0.05) is 41.8 Å². The molecule has 0 saturated carbocycles. The molecule has 2 N–H and O–H groups in total. The molecular weight excluding hydrogens is 308 g/mol. The quantitative estimate of drug-likeness (QED) is 0.892. The van der Waals surface area contributed by atoms with Crippen molar-refractivity contribution in [2.24, 2.45) is 0 Å². The molecule has 0 amide bonds. The fourth-order valence-electron chi connectivity index (χ4n) is 2.53. The van der Waals surface area contributed by atoms with Gasteiger partial charge in [-0.3, -0.25) is 4.79 Å². The molecule has 1 saturated heterocycles. The van der Waals surface area contributed by atoms with Crippen LogP contribution in [-0.2, 0) is 4.79 Å². The maximum atomic E-state index is 10.7. The predicted octanol–water partition coefficient (Wildman–Crippen LogP) is 2.48. The lowest BCUT2D eigenvalue weighted by atomic mass is 10.0. The van der Waals surface area contributed by atoms with E-state index in [9.17, 15) is 4.79 Å². The molecule has 0 bridgehead atoms. The van der Waals surface area contributed by atoms with Crippen LogP contribution in [0.5, 0.6) is 0 Å². The van der Waals surface area contributed by atoms with Gasteiger partial charge in [-0.2, -0.15) is 0 Å². The normalized spacial score (nSPS) is 23.4. The Hall–Kier alpha value is -1.07. The molecule has 1 aliphatic rings. The lowest BCUT2D eigenvalue weighted by molar-refractivity contribution is -0.137. The van der Waals surface area contributed by atoms with Gasteiger partial charge >= 0.3 is 5.97 Å². The third-order valence-electron chi connectivity index (χ3n) is 3.34. The summed E-state index contributed by atoms with van der Waals surface area (Å²) in [5, 5.41) is 12.3. The van der Waals surface area contributed by atoms with E-state index in [2.05, 4.69) is 45.2 Å². The Kier molecular flexibility index (Phi) is 4.82. The molecule has 5 heteroatoms. The molecule has 2 unspecified atom stereocenters. The molecule has 1 aromatic rings. The third-order valence-corrected chi connectivity index (χ3v) is 3.83. The van der Waals surface area contributed by atoms with E-state index in [0.717, 1.165) is 17.6 Å². The lowest BCUT2D eigenvalue weighted by Gasteiger charge is -2.39. The summed E-state index contributed by atoms with van der Waals surface area (Å²) in [6.45, 7) is 3.94.